The molecule has 0 spiro atoms. The number of hydrogen-bond donors (Lipinski definition) is 1. The molecule has 0 aromatic carbocycles. The van der Waals surface area contributed by atoms with Crippen LogP contribution in [-0.2, 0) is 5.60 Å². The summed E-state index contributed by atoms with van der Waals surface area (Å²) >= 11 is 11.4. The van der Waals surface area contributed by atoms with Crippen molar-refractivity contribution < 1.29 is 5.11 Å². The molecule has 1 aromatic rings. The minimum Gasteiger partial charge on any atom is -0.386 e. The van der Waals surface area contributed by atoms with Gasteiger partial charge in [0.2, 0.25) is 0 Å². The third-order valence-electron chi connectivity index (χ3n) is 1.48. The molecule has 0 aliphatic carbocycles. The van der Waals surface area contributed by atoms with Crippen molar-refractivity contribution in [3.05, 3.63) is 28.0 Å². The summed E-state index contributed by atoms with van der Waals surface area (Å²) in [5.74, 6) is 0. The molecule has 0 unspecified atom stereocenters. The van der Waals surface area contributed by atoms with E-state index in [2.05, 4.69) is 4.98 Å². The zero-order valence-corrected chi connectivity index (χ0v) is 8.32. The molecular formula is C8H9Cl2NO. The van der Waals surface area contributed by atoms with Crippen LogP contribution in [0.1, 0.15) is 19.4 Å². The Hall–Kier alpha value is -0.310. The summed E-state index contributed by atoms with van der Waals surface area (Å²) in [6.45, 7) is 3.29. The van der Waals surface area contributed by atoms with Crippen molar-refractivity contribution in [2.24, 2.45) is 0 Å². The second-order valence-corrected chi connectivity index (χ2v) is 3.84. The zero-order chi connectivity index (χ0) is 9.35. The number of nitrogens with zero attached hydrogens (tertiary/aromatic N) is 1. The highest BCUT2D eigenvalue weighted by atomic mass is 35.5. The molecule has 0 amide bonds. The van der Waals surface area contributed by atoms with E-state index in [9.17, 15) is 5.11 Å². The average molecular weight is 206 g/mol. The third kappa shape index (κ3) is 2.09. The molecule has 1 rings (SSSR count). The fourth-order valence-electron chi connectivity index (χ4n) is 0.882. The topological polar surface area (TPSA) is 33.1 Å². The zero-order valence-electron chi connectivity index (χ0n) is 6.81. The number of hydrogen-bond acceptors (Lipinski definition) is 2. The fraction of sp³-hybridized carbons (Fsp3) is 0.375. The summed E-state index contributed by atoms with van der Waals surface area (Å²) in [5, 5.41) is 10.4. The van der Waals surface area contributed by atoms with E-state index in [4.69, 9.17) is 23.2 Å². The summed E-state index contributed by atoms with van der Waals surface area (Å²) < 4.78 is 0. The van der Waals surface area contributed by atoms with E-state index >= 15 is 0 Å². The first-order chi connectivity index (χ1) is 5.41. The largest absolute Gasteiger partial charge is 0.386 e. The second kappa shape index (κ2) is 3.21. The molecule has 0 saturated heterocycles. The summed E-state index contributed by atoms with van der Waals surface area (Å²) in [7, 11) is 0. The Morgan fingerprint density at radius 1 is 1.42 bits per heavy atom. The van der Waals surface area contributed by atoms with Crippen molar-refractivity contribution in [1.29, 1.82) is 0 Å². The lowest BCUT2D eigenvalue weighted by atomic mass is 10.0. The first-order valence-electron chi connectivity index (χ1n) is 3.45. The highest BCUT2D eigenvalue weighted by Gasteiger charge is 2.19. The molecule has 66 valence electrons. The summed E-state index contributed by atoms with van der Waals surface area (Å²) in [6, 6.07) is 1.56. The van der Waals surface area contributed by atoms with Crippen LogP contribution in [-0.4, -0.2) is 10.1 Å². The number of aliphatic hydroxyl groups is 1. The number of halogens is 2. The smallest absolute Gasteiger partial charge is 0.129 e. The van der Waals surface area contributed by atoms with Crippen molar-refractivity contribution in [2.75, 3.05) is 0 Å². The van der Waals surface area contributed by atoms with Gasteiger partial charge in [-0.05, 0) is 19.9 Å². The maximum absolute atomic E-state index is 9.62. The van der Waals surface area contributed by atoms with E-state index in [0.29, 0.717) is 15.7 Å². The van der Waals surface area contributed by atoms with Gasteiger partial charge >= 0.3 is 0 Å². The van der Waals surface area contributed by atoms with Crippen LogP contribution >= 0.6 is 23.2 Å². The van der Waals surface area contributed by atoms with E-state index < -0.39 is 5.60 Å². The lowest BCUT2D eigenvalue weighted by molar-refractivity contribution is 0.0786. The van der Waals surface area contributed by atoms with Crippen LogP contribution in [0.3, 0.4) is 0 Å². The van der Waals surface area contributed by atoms with Gasteiger partial charge in [0.15, 0.2) is 0 Å². The molecule has 1 heterocycles. The number of aromatic nitrogens is 1. The summed E-state index contributed by atoms with van der Waals surface area (Å²) in [5.41, 5.74) is -0.395. The van der Waals surface area contributed by atoms with Crippen molar-refractivity contribution in [3.63, 3.8) is 0 Å². The van der Waals surface area contributed by atoms with E-state index in [1.807, 2.05) is 0 Å². The predicted molar refractivity (Wildman–Crippen MR) is 49.5 cm³/mol. The van der Waals surface area contributed by atoms with Crippen LogP contribution in [0.5, 0.6) is 0 Å². The molecule has 1 aromatic heterocycles. The summed E-state index contributed by atoms with van der Waals surface area (Å²) in [4.78, 5) is 3.78. The Bertz CT molecular complexity index is 294. The Balaban J connectivity index is 3.23. The van der Waals surface area contributed by atoms with Gasteiger partial charge in [-0.15, -0.1) is 0 Å². The Kier molecular flexibility index (Phi) is 2.61. The van der Waals surface area contributed by atoms with Gasteiger partial charge in [-0.3, -0.25) is 0 Å². The van der Waals surface area contributed by atoms with Crippen LogP contribution in [0.15, 0.2) is 12.3 Å². The Morgan fingerprint density at radius 3 is 2.42 bits per heavy atom. The third-order valence-corrected chi connectivity index (χ3v) is 1.99. The van der Waals surface area contributed by atoms with Crippen LogP contribution in [0.4, 0.5) is 0 Å². The SMILES string of the molecule is CC(C)(O)c1cc(Cl)ncc1Cl. The molecule has 0 aliphatic heterocycles. The van der Waals surface area contributed by atoms with Gasteiger partial charge in [-0.2, -0.15) is 0 Å². The van der Waals surface area contributed by atoms with Gasteiger partial charge < -0.3 is 5.11 Å². The quantitative estimate of drug-likeness (QED) is 0.716. The van der Waals surface area contributed by atoms with Gasteiger partial charge in [-0.1, -0.05) is 23.2 Å². The molecule has 12 heavy (non-hydrogen) atoms. The second-order valence-electron chi connectivity index (χ2n) is 3.05. The maximum Gasteiger partial charge on any atom is 0.129 e. The normalized spacial score (nSPS) is 11.8. The fourth-order valence-corrected chi connectivity index (χ4v) is 1.37. The highest BCUT2D eigenvalue weighted by molar-refractivity contribution is 6.32. The van der Waals surface area contributed by atoms with Crippen LogP contribution in [0, 0.1) is 0 Å². The predicted octanol–water partition coefficient (Wildman–Crippen LogP) is 2.62. The minimum absolute atomic E-state index is 0.330. The van der Waals surface area contributed by atoms with Crippen molar-refractivity contribution in [3.8, 4) is 0 Å². The van der Waals surface area contributed by atoms with Gasteiger partial charge in [0.1, 0.15) is 5.15 Å². The molecule has 0 bridgehead atoms. The molecule has 0 radical (unpaired) electrons. The van der Waals surface area contributed by atoms with E-state index in [1.54, 1.807) is 19.9 Å². The van der Waals surface area contributed by atoms with E-state index in [0.717, 1.165) is 0 Å². The first kappa shape index (κ1) is 9.78. The monoisotopic (exact) mass is 205 g/mol. The lowest BCUT2D eigenvalue weighted by Gasteiger charge is -2.18. The van der Waals surface area contributed by atoms with E-state index in [-0.39, 0.29) is 0 Å². The summed E-state index contributed by atoms with van der Waals surface area (Å²) in [6.07, 6.45) is 1.43. The number of rotatable bonds is 1. The van der Waals surface area contributed by atoms with Gasteiger partial charge in [-0.25, -0.2) is 4.98 Å². The molecule has 4 heteroatoms. The van der Waals surface area contributed by atoms with Crippen LogP contribution in [0.25, 0.3) is 0 Å². The standard InChI is InChI=1S/C8H9Cl2NO/c1-8(2,12)5-3-7(10)11-4-6(5)9/h3-4,12H,1-2H3. The average Bonchev–Trinajstić information content (AvgIpc) is 1.92. The number of pyridine rings is 1. The van der Waals surface area contributed by atoms with E-state index in [1.165, 1.54) is 6.20 Å². The Labute approximate surface area is 81.1 Å². The lowest BCUT2D eigenvalue weighted by Crippen LogP contribution is -2.16. The van der Waals surface area contributed by atoms with Crippen molar-refractivity contribution in [2.45, 2.75) is 19.4 Å². The molecule has 1 N–H and O–H groups in total. The molecule has 0 aliphatic rings. The maximum atomic E-state index is 9.62. The van der Waals surface area contributed by atoms with Crippen LogP contribution in [0.2, 0.25) is 10.2 Å². The van der Waals surface area contributed by atoms with Crippen LogP contribution < -0.4 is 0 Å². The van der Waals surface area contributed by atoms with Gasteiger partial charge in [0.25, 0.3) is 0 Å². The van der Waals surface area contributed by atoms with Gasteiger partial charge in [0.05, 0.1) is 10.6 Å². The molecule has 0 fully saturated rings. The first-order valence-corrected chi connectivity index (χ1v) is 4.21. The molecular weight excluding hydrogens is 197 g/mol. The molecule has 0 saturated carbocycles. The highest BCUT2D eigenvalue weighted by Crippen LogP contribution is 2.28. The molecule has 2 nitrogen and oxygen atoms in total. The minimum atomic E-state index is -0.982. The van der Waals surface area contributed by atoms with Crippen molar-refractivity contribution >= 4 is 23.2 Å². The Morgan fingerprint density at radius 2 is 2.00 bits per heavy atom. The van der Waals surface area contributed by atoms with Gasteiger partial charge in [0, 0.05) is 11.8 Å². The van der Waals surface area contributed by atoms with Crippen molar-refractivity contribution in [1.82, 2.24) is 4.98 Å². The molecule has 0 atom stereocenters.